The average molecular weight is 397 g/mol. The predicted octanol–water partition coefficient (Wildman–Crippen LogP) is 5.36. The zero-order chi connectivity index (χ0) is 20.1. The van der Waals surface area contributed by atoms with Crippen molar-refractivity contribution < 1.29 is 9.53 Å². The molecular weight excluding hydrogens is 372 g/mol. The number of rotatable bonds is 6. The highest BCUT2D eigenvalue weighted by molar-refractivity contribution is 7.19. The Morgan fingerprint density at radius 2 is 2.00 bits per heavy atom. The van der Waals surface area contributed by atoms with E-state index in [0.717, 1.165) is 22.6 Å². The van der Waals surface area contributed by atoms with E-state index in [2.05, 4.69) is 34.4 Å². The first kappa shape index (κ1) is 19.8. The summed E-state index contributed by atoms with van der Waals surface area (Å²) in [7, 11) is 1.60. The molecule has 0 radical (unpaired) electrons. The molecule has 146 valence electrons. The zero-order valence-corrected chi connectivity index (χ0v) is 17.3. The second-order valence-electron chi connectivity index (χ2n) is 6.93. The summed E-state index contributed by atoms with van der Waals surface area (Å²) in [5, 5.41) is 6.14. The van der Waals surface area contributed by atoms with Crippen molar-refractivity contribution in [1.29, 1.82) is 0 Å². The van der Waals surface area contributed by atoms with E-state index in [0.29, 0.717) is 22.5 Å². The number of aryl methyl sites for hydroxylation is 1. The van der Waals surface area contributed by atoms with Crippen LogP contribution in [0, 0.1) is 12.8 Å². The fraction of sp³-hybridized carbons (Fsp3) is 0.286. The van der Waals surface area contributed by atoms with E-state index in [1.165, 1.54) is 16.9 Å². The maximum Gasteiger partial charge on any atom is 0.325 e. The van der Waals surface area contributed by atoms with Crippen molar-refractivity contribution in [1.82, 2.24) is 9.97 Å². The molecule has 0 unspecified atom stereocenters. The molecule has 7 heteroatoms. The predicted molar refractivity (Wildman–Crippen MR) is 114 cm³/mol. The first-order chi connectivity index (χ1) is 13.4. The number of aromatic nitrogens is 2. The van der Waals surface area contributed by atoms with Gasteiger partial charge >= 0.3 is 6.03 Å². The topological polar surface area (TPSA) is 76.1 Å². The first-order valence-electron chi connectivity index (χ1n) is 9.08. The monoisotopic (exact) mass is 396 g/mol. The van der Waals surface area contributed by atoms with Gasteiger partial charge in [0.2, 0.25) is 0 Å². The highest BCUT2D eigenvalue weighted by Gasteiger charge is 2.12. The number of hydrogen-bond donors (Lipinski definition) is 2. The molecular formula is C21H24N4O2S. The Labute approximate surface area is 169 Å². The Hall–Kier alpha value is -2.93. The minimum absolute atomic E-state index is 0.360. The molecule has 0 atom stereocenters. The number of nitrogens with one attached hydrogen (secondary N) is 2. The van der Waals surface area contributed by atoms with E-state index in [1.807, 2.05) is 37.3 Å². The second kappa shape index (κ2) is 8.84. The summed E-state index contributed by atoms with van der Waals surface area (Å²) < 4.78 is 5.43. The molecule has 0 aliphatic carbocycles. The molecule has 3 aromatic rings. The van der Waals surface area contributed by atoms with Gasteiger partial charge in [-0.3, -0.25) is 10.3 Å². The quantitative estimate of drug-likeness (QED) is 0.588. The van der Waals surface area contributed by atoms with Gasteiger partial charge in [-0.15, -0.1) is 0 Å². The number of ether oxygens (including phenoxy) is 1. The number of amides is 2. The Kier molecular flexibility index (Phi) is 6.26. The number of anilines is 2. The summed E-state index contributed by atoms with van der Waals surface area (Å²) >= 11 is 1.41. The van der Waals surface area contributed by atoms with Crippen molar-refractivity contribution in [2.24, 2.45) is 5.92 Å². The van der Waals surface area contributed by atoms with E-state index in [1.54, 1.807) is 19.5 Å². The smallest absolute Gasteiger partial charge is 0.325 e. The summed E-state index contributed by atoms with van der Waals surface area (Å²) in [6.07, 6.45) is 4.47. The van der Waals surface area contributed by atoms with Crippen molar-refractivity contribution in [3.8, 4) is 16.2 Å². The Morgan fingerprint density at radius 3 is 2.71 bits per heavy atom. The van der Waals surface area contributed by atoms with Crippen molar-refractivity contribution in [3.63, 3.8) is 0 Å². The van der Waals surface area contributed by atoms with Crippen LogP contribution in [0.3, 0.4) is 0 Å². The van der Waals surface area contributed by atoms with Crippen LogP contribution in [-0.4, -0.2) is 23.1 Å². The number of methoxy groups -OCH3 is 1. The lowest BCUT2D eigenvalue weighted by Gasteiger charge is -2.13. The lowest BCUT2D eigenvalue weighted by molar-refractivity contribution is 0.262. The number of nitrogens with zero attached hydrogens (tertiary/aromatic N) is 2. The number of benzene rings is 1. The van der Waals surface area contributed by atoms with Crippen LogP contribution in [0.5, 0.6) is 5.75 Å². The third-order valence-electron chi connectivity index (χ3n) is 4.07. The highest BCUT2D eigenvalue weighted by Crippen LogP contribution is 2.30. The van der Waals surface area contributed by atoms with E-state index in [4.69, 9.17) is 4.74 Å². The molecule has 0 aliphatic rings. The maximum atomic E-state index is 12.4. The third kappa shape index (κ3) is 5.07. The van der Waals surface area contributed by atoms with Crippen LogP contribution in [0.1, 0.15) is 25.1 Å². The van der Waals surface area contributed by atoms with E-state index in [-0.39, 0.29) is 6.03 Å². The third-order valence-corrected chi connectivity index (χ3v) is 5.03. The second-order valence-corrected chi connectivity index (χ2v) is 7.96. The van der Waals surface area contributed by atoms with E-state index >= 15 is 0 Å². The lowest BCUT2D eigenvalue weighted by Crippen LogP contribution is -2.19. The largest absolute Gasteiger partial charge is 0.495 e. The molecule has 0 aliphatic heterocycles. The van der Waals surface area contributed by atoms with Gasteiger partial charge in [-0.05, 0) is 54.7 Å². The number of carbonyl (C=O) groups excluding carboxylic acids is 1. The molecule has 28 heavy (non-hydrogen) atoms. The van der Waals surface area contributed by atoms with Gasteiger partial charge in [0.15, 0.2) is 5.13 Å². The van der Waals surface area contributed by atoms with Crippen LogP contribution in [0.2, 0.25) is 0 Å². The van der Waals surface area contributed by atoms with Gasteiger partial charge in [0.05, 0.1) is 17.7 Å². The summed E-state index contributed by atoms with van der Waals surface area (Å²) in [4.78, 5) is 21.8. The van der Waals surface area contributed by atoms with Gasteiger partial charge in [0.25, 0.3) is 0 Å². The Balaban J connectivity index is 1.67. The lowest BCUT2D eigenvalue weighted by atomic mass is 10.0. The normalized spacial score (nSPS) is 10.8. The standard InChI is InChI=1S/C21H24N4O2S/c1-13(2)9-15-5-6-17(18(11-15)27-4)24-20(26)25-21-23-12-19(28-21)16-7-8-22-14(3)10-16/h5-8,10-13H,9H2,1-4H3,(H2,23,24,25,26). The zero-order valence-electron chi connectivity index (χ0n) is 16.4. The molecule has 1 aromatic carbocycles. The van der Waals surface area contributed by atoms with Gasteiger partial charge in [0, 0.05) is 18.1 Å². The summed E-state index contributed by atoms with van der Waals surface area (Å²) in [5.74, 6) is 1.19. The number of thiazole rings is 1. The molecule has 3 rings (SSSR count). The van der Waals surface area contributed by atoms with E-state index in [9.17, 15) is 4.79 Å². The maximum absolute atomic E-state index is 12.4. The van der Waals surface area contributed by atoms with Gasteiger partial charge < -0.3 is 10.1 Å². The van der Waals surface area contributed by atoms with Crippen LogP contribution < -0.4 is 15.4 Å². The Morgan fingerprint density at radius 1 is 1.18 bits per heavy atom. The summed E-state index contributed by atoms with van der Waals surface area (Å²) in [6.45, 7) is 6.28. The number of hydrogen-bond acceptors (Lipinski definition) is 5. The molecule has 0 fully saturated rings. The highest BCUT2D eigenvalue weighted by atomic mass is 32.1. The van der Waals surface area contributed by atoms with Crippen LogP contribution in [-0.2, 0) is 6.42 Å². The summed E-state index contributed by atoms with van der Waals surface area (Å²) in [6, 6.07) is 9.38. The molecule has 0 spiro atoms. The van der Waals surface area contributed by atoms with E-state index < -0.39 is 0 Å². The molecule has 0 saturated carbocycles. The average Bonchev–Trinajstić information content (AvgIpc) is 3.11. The van der Waals surface area contributed by atoms with Crippen molar-refractivity contribution in [2.45, 2.75) is 27.2 Å². The number of urea groups is 1. The van der Waals surface area contributed by atoms with Crippen LogP contribution in [0.15, 0.2) is 42.7 Å². The molecule has 6 nitrogen and oxygen atoms in total. The number of carbonyl (C=O) groups is 1. The van der Waals surface area contributed by atoms with Gasteiger partial charge in [-0.25, -0.2) is 9.78 Å². The first-order valence-corrected chi connectivity index (χ1v) is 9.90. The van der Waals surface area contributed by atoms with Crippen molar-refractivity contribution >= 4 is 28.2 Å². The molecule has 0 saturated heterocycles. The summed E-state index contributed by atoms with van der Waals surface area (Å²) in [5.41, 5.74) is 3.76. The van der Waals surface area contributed by atoms with Gasteiger partial charge in [-0.2, -0.15) is 0 Å². The van der Waals surface area contributed by atoms with Crippen LogP contribution in [0.25, 0.3) is 10.4 Å². The van der Waals surface area contributed by atoms with Gasteiger partial charge in [0.1, 0.15) is 5.75 Å². The molecule has 2 heterocycles. The molecule has 2 N–H and O–H groups in total. The Bertz CT molecular complexity index is 969. The van der Waals surface area contributed by atoms with Crippen LogP contribution in [0.4, 0.5) is 15.6 Å². The minimum Gasteiger partial charge on any atom is -0.495 e. The fourth-order valence-corrected chi connectivity index (χ4v) is 3.66. The molecule has 2 amide bonds. The number of pyridine rings is 1. The molecule has 2 aromatic heterocycles. The fourth-order valence-electron chi connectivity index (χ4n) is 2.85. The van der Waals surface area contributed by atoms with Crippen molar-refractivity contribution in [3.05, 3.63) is 54.0 Å². The minimum atomic E-state index is -0.360. The van der Waals surface area contributed by atoms with Gasteiger partial charge in [-0.1, -0.05) is 31.3 Å². The van der Waals surface area contributed by atoms with Crippen molar-refractivity contribution in [2.75, 3.05) is 17.7 Å². The molecule has 0 bridgehead atoms. The SMILES string of the molecule is COc1cc(CC(C)C)ccc1NC(=O)Nc1ncc(-c2ccnc(C)c2)s1. The van der Waals surface area contributed by atoms with Crippen LogP contribution >= 0.6 is 11.3 Å².